The molecule has 44 heavy (non-hydrogen) atoms. The highest BCUT2D eigenvalue weighted by molar-refractivity contribution is 7.52. The minimum atomic E-state index is -5.78. The van der Waals surface area contributed by atoms with E-state index in [0.29, 0.717) is 25.1 Å². The number of hydrogen-bond donors (Lipinski definition) is 5. The summed E-state index contributed by atoms with van der Waals surface area (Å²) < 4.78 is 39.8. The molecule has 232 valence electrons. The van der Waals surface area contributed by atoms with Crippen LogP contribution in [-0.2, 0) is 19.8 Å². The second kappa shape index (κ2) is 11.4. The highest BCUT2D eigenvalue weighted by atomic mass is 31.2. The molecule has 3 aromatic carbocycles. The predicted octanol–water partition coefficient (Wildman–Crippen LogP) is 5.32. The third-order valence-electron chi connectivity index (χ3n) is 7.82. The number of halogens is 2. The number of fused-ring (bicyclic) bond motifs is 2. The number of carbonyl (C=O) groups excluding carboxylic acids is 3. The number of alkyl halides is 2. The van der Waals surface area contributed by atoms with Crippen LogP contribution in [0.5, 0.6) is 0 Å². The minimum absolute atomic E-state index is 0.0364. The number of aromatic nitrogens is 1. The second-order valence-corrected chi connectivity index (χ2v) is 13.7. The number of H-pyrrole nitrogens is 1. The fourth-order valence-corrected chi connectivity index (χ4v) is 5.90. The standard InChI is InChI=1S/C31H33F2N4O6P/c1-30(2,3)26(36-27(38)24-17-20-15-21(11-13-23(20)35-24)31(32,33)44(41,42)43)29(40)37-14-6-9-25(37)28(39)34-22-12-10-18-7-4-5-8-19(18)16-22/h4-5,7-8,10-13,15-17,25-26,35H,6,9,14H2,1-3H3,(H,34,39)(H,36,38)(H2,41,42,43). The molecule has 10 nitrogen and oxygen atoms in total. The van der Waals surface area contributed by atoms with Crippen molar-refractivity contribution in [1.29, 1.82) is 0 Å². The van der Waals surface area contributed by atoms with Crippen molar-refractivity contribution in [2.45, 2.75) is 51.4 Å². The quantitative estimate of drug-likeness (QED) is 0.175. The first kappa shape index (κ1) is 31.3. The van der Waals surface area contributed by atoms with Gasteiger partial charge in [0, 0.05) is 28.7 Å². The molecule has 1 fully saturated rings. The van der Waals surface area contributed by atoms with Crippen molar-refractivity contribution in [1.82, 2.24) is 15.2 Å². The summed E-state index contributed by atoms with van der Waals surface area (Å²) in [5.74, 6) is -1.44. The molecule has 1 aliphatic rings. The van der Waals surface area contributed by atoms with Crippen LogP contribution >= 0.6 is 7.60 Å². The Balaban J connectivity index is 1.34. The lowest BCUT2D eigenvalue weighted by atomic mass is 9.85. The van der Waals surface area contributed by atoms with Crippen molar-refractivity contribution in [3.63, 3.8) is 0 Å². The lowest BCUT2D eigenvalue weighted by molar-refractivity contribution is -0.140. The summed E-state index contributed by atoms with van der Waals surface area (Å²) in [4.78, 5) is 63.0. The molecule has 4 aromatic rings. The Morgan fingerprint density at radius 2 is 1.68 bits per heavy atom. The molecule has 5 N–H and O–H groups in total. The minimum Gasteiger partial charge on any atom is -0.351 e. The maximum absolute atomic E-state index is 14.2. The number of rotatable bonds is 7. The number of nitrogens with one attached hydrogen (secondary N) is 3. The van der Waals surface area contributed by atoms with Crippen LogP contribution in [0.3, 0.4) is 0 Å². The molecular weight excluding hydrogens is 593 g/mol. The Kier molecular flexibility index (Phi) is 8.13. The Bertz CT molecular complexity index is 1810. The molecular formula is C31H33F2N4O6P. The number of hydrogen-bond acceptors (Lipinski definition) is 4. The number of carbonyl (C=O) groups is 3. The van der Waals surface area contributed by atoms with E-state index in [4.69, 9.17) is 9.79 Å². The van der Waals surface area contributed by atoms with Crippen LogP contribution in [-0.4, -0.2) is 56.0 Å². The monoisotopic (exact) mass is 626 g/mol. The van der Waals surface area contributed by atoms with Crippen molar-refractivity contribution in [2.24, 2.45) is 5.41 Å². The molecule has 2 unspecified atom stereocenters. The molecule has 3 amide bonds. The molecule has 2 atom stereocenters. The third kappa shape index (κ3) is 6.10. The normalized spacial score (nSPS) is 16.7. The SMILES string of the molecule is CC(C)(C)C(NC(=O)c1cc2cc(C(F)(F)P(=O)(O)O)ccc2[nH]1)C(=O)N1CCCC1C(=O)Nc1ccc2ccccc2c1. The fourth-order valence-electron chi connectivity index (χ4n) is 5.43. The topological polar surface area (TPSA) is 152 Å². The molecule has 1 aromatic heterocycles. The molecule has 0 spiro atoms. The zero-order chi connectivity index (χ0) is 32.0. The molecule has 13 heteroatoms. The van der Waals surface area contributed by atoms with Gasteiger partial charge in [-0.25, -0.2) is 0 Å². The van der Waals surface area contributed by atoms with Gasteiger partial charge in [-0.2, -0.15) is 8.78 Å². The van der Waals surface area contributed by atoms with E-state index in [9.17, 15) is 27.7 Å². The van der Waals surface area contributed by atoms with E-state index in [1.807, 2.05) is 36.4 Å². The van der Waals surface area contributed by atoms with Gasteiger partial charge in [-0.05, 0) is 59.4 Å². The van der Waals surface area contributed by atoms with Crippen LogP contribution in [0.4, 0.5) is 14.5 Å². The first-order valence-electron chi connectivity index (χ1n) is 14.0. The number of aromatic amines is 1. The van der Waals surface area contributed by atoms with E-state index in [-0.39, 0.29) is 22.5 Å². The molecule has 0 bridgehead atoms. The summed E-state index contributed by atoms with van der Waals surface area (Å²) in [5, 5.41) is 7.78. The van der Waals surface area contributed by atoms with Crippen molar-refractivity contribution in [3.8, 4) is 0 Å². The van der Waals surface area contributed by atoms with Gasteiger partial charge in [0.15, 0.2) is 0 Å². The van der Waals surface area contributed by atoms with E-state index in [1.165, 1.54) is 17.0 Å². The predicted molar refractivity (Wildman–Crippen MR) is 162 cm³/mol. The Morgan fingerprint density at radius 1 is 0.977 bits per heavy atom. The fraction of sp³-hybridized carbons (Fsp3) is 0.323. The van der Waals surface area contributed by atoms with Crippen LogP contribution in [0.15, 0.2) is 66.7 Å². The van der Waals surface area contributed by atoms with Gasteiger partial charge in [0.2, 0.25) is 11.8 Å². The smallest absolute Gasteiger partial charge is 0.351 e. The van der Waals surface area contributed by atoms with E-state index in [1.54, 1.807) is 26.8 Å². The number of amides is 3. The molecule has 0 aliphatic carbocycles. The molecule has 2 heterocycles. The molecule has 5 rings (SSSR count). The summed E-state index contributed by atoms with van der Waals surface area (Å²) in [5.41, 5.74) is -5.21. The van der Waals surface area contributed by atoms with Gasteiger partial charge in [-0.3, -0.25) is 18.9 Å². The van der Waals surface area contributed by atoms with Gasteiger partial charge in [0.25, 0.3) is 5.91 Å². The van der Waals surface area contributed by atoms with Crippen molar-refractivity contribution >= 4 is 52.7 Å². The van der Waals surface area contributed by atoms with Crippen LogP contribution in [0, 0.1) is 5.41 Å². The van der Waals surface area contributed by atoms with Crippen LogP contribution in [0.25, 0.3) is 21.7 Å². The van der Waals surface area contributed by atoms with Crippen LogP contribution in [0.2, 0.25) is 0 Å². The largest absolute Gasteiger partial charge is 0.399 e. The molecule has 1 aliphatic heterocycles. The zero-order valence-corrected chi connectivity index (χ0v) is 25.2. The summed E-state index contributed by atoms with van der Waals surface area (Å²) in [6.07, 6.45) is 1.06. The Labute approximate surface area is 252 Å². The lowest BCUT2D eigenvalue weighted by Gasteiger charge is -2.35. The van der Waals surface area contributed by atoms with Gasteiger partial charge >= 0.3 is 13.3 Å². The van der Waals surface area contributed by atoms with Crippen molar-refractivity contribution in [2.75, 3.05) is 11.9 Å². The van der Waals surface area contributed by atoms with Crippen LogP contribution in [0.1, 0.15) is 49.7 Å². The van der Waals surface area contributed by atoms with E-state index in [2.05, 4.69) is 15.6 Å². The number of benzene rings is 3. The van der Waals surface area contributed by atoms with Crippen molar-refractivity contribution in [3.05, 3.63) is 78.0 Å². The maximum atomic E-state index is 14.2. The third-order valence-corrected chi connectivity index (χ3v) is 8.81. The lowest BCUT2D eigenvalue weighted by Crippen LogP contribution is -2.57. The van der Waals surface area contributed by atoms with Gasteiger partial charge in [0.05, 0.1) is 0 Å². The van der Waals surface area contributed by atoms with Gasteiger partial charge in [-0.15, -0.1) is 0 Å². The zero-order valence-electron chi connectivity index (χ0n) is 24.3. The van der Waals surface area contributed by atoms with Gasteiger partial charge in [0.1, 0.15) is 17.8 Å². The number of anilines is 1. The van der Waals surface area contributed by atoms with E-state index < -0.39 is 48.1 Å². The average molecular weight is 627 g/mol. The summed E-state index contributed by atoms with van der Waals surface area (Å²) >= 11 is 0. The maximum Gasteiger partial charge on any atom is 0.399 e. The van der Waals surface area contributed by atoms with Gasteiger partial charge < -0.3 is 30.3 Å². The van der Waals surface area contributed by atoms with Crippen LogP contribution < -0.4 is 10.6 Å². The average Bonchev–Trinajstić information content (AvgIpc) is 3.61. The molecule has 0 radical (unpaired) electrons. The molecule has 0 saturated carbocycles. The Hall–Kier alpha value is -4.12. The summed E-state index contributed by atoms with van der Waals surface area (Å²) in [6, 6.07) is 15.8. The summed E-state index contributed by atoms with van der Waals surface area (Å²) in [6.45, 7) is 5.66. The van der Waals surface area contributed by atoms with Crippen molar-refractivity contribution < 1.29 is 37.5 Å². The van der Waals surface area contributed by atoms with E-state index in [0.717, 1.165) is 22.9 Å². The summed E-state index contributed by atoms with van der Waals surface area (Å²) in [7, 11) is -5.78. The molecule has 1 saturated heterocycles. The number of nitrogens with zero attached hydrogens (tertiary/aromatic N) is 1. The highest BCUT2D eigenvalue weighted by Gasteiger charge is 2.50. The first-order valence-corrected chi connectivity index (χ1v) is 15.7. The number of likely N-dealkylation sites (tertiary alicyclic amines) is 1. The highest BCUT2D eigenvalue weighted by Crippen LogP contribution is 2.59. The Morgan fingerprint density at radius 3 is 2.36 bits per heavy atom. The second-order valence-electron chi connectivity index (χ2n) is 12.1. The van der Waals surface area contributed by atoms with E-state index >= 15 is 0 Å². The van der Waals surface area contributed by atoms with Gasteiger partial charge in [-0.1, -0.05) is 57.2 Å². The first-order chi connectivity index (χ1) is 20.6.